The summed E-state index contributed by atoms with van der Waals surface area (Å²) in [4.78, 5) is 3.69. The zero-order chi connectivity index (χ0) is 12.8. The lowest BCUT2D eigenvalue weighted by atomic mass is 10.2. The number of nitrogens with one attached hydrogen (secondary N) is 1. The Bertz CT molecular complexity index is 327. The largest absolute Gasteiger partial charge is 0.313 e. The smallest absolute Gasteiger partial charge is 0.0931 e. The van der Waals surface area contributed by atoms with Gasteiger partial charge in [-0.2, -0.15) is 0 Å². The maximum atomic E-state index is 5.93. The van der Waals surface area contributed by atoms with Crippen LogP contribution in [-0.2, 0) is 6.54 Å². The van der Waals surface area contributed by atoms with Crippen LogP contribution >= 0.6 is 22.9 Å². The van der Waals surface area contributed by atoms with Crippen LogP contribution in [0.15, 0.2) is 12.1 Å². The van der Waals surface area contributed by atoms with E-state index in [-0.39, 0.29) is 0 Å². The van der Waals surface area contributed by atoms with Gasteiger partial charge in [0.15, 0.2) is 0 Å². The molecule has 1 heterocycles. The van der Waals surface area contributed by atoms with Crippen LogP contribution in [0.1, 0.15) is 32.1 Å². The third kappa shape index (κ3) is 5.38. The molecule has 0 spiro atoms. The van der Waals surface area contributed by atoms with Crippen LogP contribution in [0, 0.1) is 0 Å². The van der Waals surface area contributed by atoms with E-state index in [4.69, 9.17) is 11.6 Å². The minimum atomic E-state index is 0.532. The topological polar surface area (TPSA) is 15.3 Å². The first-order valence-corrected chi connectivity index (χ1v) is 7.40. The van der Waals surface area contributed by atoms with Crippen LogP contribution in [-0.4, -0.2) is 30.6 Å². The second-order valence-corrected chi connectivity index (χ2v) is 6.49. The Labute approximate surface area is 114 Å². The molecule has 1 N–H and O–H groups in total. The summed E-state index contributed by atoms with van der Waals surface area (Å²) < 4.78 is 0.874. The molecule has 0 saturated carbocycles. The molecule has 0 aliphatic heterocycles. The van der Waals surface area contributed by atoms with Gasteiger partial charge >= 0.3 is 0 Å². The molecule has 2 atom stereocenters. The zero-order valence-corrected chi connectivity index (χ0v) is 12.7. The molecule has 0 bridgehead atoms. The number of thiophene rings is 1. The lowest BCUT2D eigenvalue weighted by Gasteiger charge is -2.25. The highest BCUT2D eigenvalue weighted by molar-refractivity contribution is 7.16. The summed E-state index contributed by atoms with van der Waals surface area (Å²) >= 11 is 7.60. The van der Waals surface area contributed by atoms with Crippen molar-refractivity contribution in [2.75, 3.05) is 13.6 Å². The van der Waals surface area contributed by atoms with Crippen molar-refractivity contribution in [2.45, 2.75) is 45.8 Å². The molecule has 0 amide bonds. The highest BCUT2D eigenvalue weighted by Crippen LogP contribution is 2.22. The molecule has 17 heavy (non-hydrogen) atoms. The van der Waals surface area contributed by atoms with E-state index in [9.17, 15) is 0 Å². The van der Waals surface area contributed by atoms with Gasteiger partial charge in [0.1, 0.15) is 0 Å². The summed E-state index contributed by atoms with van der Waals surface area (Å²) in [6, 6.07) is 5.21. The van der Waals surface area contributed by atoms with Gasteiger partial charge in [-0.3, -0.25) is 4.90 Å². The Kier molecular flexibility index (Phi) is 6.49. The Morgan fingerprint density at radius 1 is 1.41 bits per heavy atom. The molecule has 1 aromatic rings. The van der Waals surface area contributed by atoms with Gasteiger partial charge in [0.25, 0.3) is 0 Å². The number of halogens is 1. The van der Waals surface area contributed by atoms with Crippen molar-refractivity contribution in [3.05, 3.63) is 21.3 Å². The number of hydrogen-bond donors (Lipinski definition) is 1. The van der Waals surface area contributed by atoms with E-state index in [1.54, 1.807) is 11.3 Å². The molecule has 1 rings (SSSR count). The van der Waals surface area contributed by atoms with E-state index in [0.717, 1.165) is 17.4 Å². The van der Waals surface area contributed by atoms with E-state index in [1.807, 2.05) is 6.07 Å². The van der Waals surface area contributed by atoms with E-state index >= 15 is 0 Å². The van der Waals surface area contributed by atoms with Gasteiger partial charge < -0.3 is 5.32 Å². The fourth-order valence-corrected chi connectivity index (χ4v) is 2.66. The summed E-state index contributed by atoms with van der Waals surface area (Å²) in [5.74, 6) is 0. The maximum Gasteiger partial charge on any atom is 0.0931 e. The molecule has 98 valence electrons. The molecular weight excluding hydrogens is 252 g/mol. The standard InChI is InChI=1S/C13H23ClN2S/c1-5-10(2)15-8-11(3)16(4)9-12-6-7-13(14)17-12/h6-7,10-11,15H,5,8-9H2,1-4H3. The molecule has 4 heteroatoms. The Morgan fingerprint density at radius 3 is 2.65 bits per heavy atom. The third-order valence-corrected chi connectivity index (χ3v) is 4.38. The molecule has 0 aliphatic rings. The minimum absolute atomic E-state index is 0.532. The maximum absolute atomic E-state index is 5.93. The fourth-order valence-electron chi connectivity index (χ4n) is 1.51. The van der Waals surface area contributed by atoms with Crippen molar-refractivity contribution < 1.29 is 0 Å². The average molecular weight is 275 g/mol. The molecule has 0 saturated heterocycles. The number of likely N-dealkylation sites (N-methyl/N-ethyl adjacent to an activating group) is 1. The van der Waals surface area contributed by atoms with Crippen molar-refractivity contribution in [1.82, 2.24) is 10.2 Å². The zero-order valence-electron chi connectivity index (χ0n) is 11.2. The molecule has 0 fully saturated rings. The van der Waals surface area contributed by atoms with Gasteiger partial charge in [0, 0.05) is 30.1 Å². The SMILES string of the molecule is CCC(C)NCC(C)N(C)Cc1ccc(Cl)s1. The van der Waals surface area contributed by atoms with Crippen LogP contribution in [0.4, 0.5) is 0 Å². The summed E-state index contributed by atoms with van der Waals surface area (Å²) in [5, 5.41) is 3.54. The molecular formula is C13H23ClN2S. The van der Waals surface area contributed by atoms with Crippen LogP contribution in [0.3, 0.4) is 0 Å². The van der Waals surface area contributed by atoms with Crippen molar-refractivity contribution in [3.8, 4) is 0 Å². The van der Waals surface area contributed by atoms with Gasteiger partial charge in [-0.05, 0) is 39.4 Å². The van der Waals surface area contributed by atoms with E-state index < -0.39 is 0 Å². The third-order valence-electron chi connectivity index (χ3n) is 3.16. The first-order valence-electron chi connectivity index (χ1n) is 6.20. The molecule has 0 aromatic carbocycles. The first kappa shape index (κ1) is 15.0. The highest BCUT2D eigenvalue weighted by Gasteiger charge is 2.11. The molecule has 2 unspecified atom stereocenters. The molecule has 0 radical (unpaired) electrons. The van der Waals surface area contributed by atoms with Crippen LogP contribution in [0.25, 0.3) is 0 Å². The van der Waals surface area contributed by atoms with Crippen LogP contribution in [0.5, 0.6) is 0 Å². The summed E-state index contributed by atoms with van der Waals surface area (Å²) in [6.07, 6.45) is 1.18. The second kappa shape index (κ2) is 7.37. The van der Waals surface area contributed by atoms with Crippen LogP contribution < -0.4 is 5.32 Å². The van der Waals surface area contributed by atoms with Crippen molar-refractivity contribution in [3.63, 3.8) is 0 Å². The number of hydrogen-bond acceptors (Lipinski definition) is 3. The normalized spacial score (nSPS) is 15.2. The van der Waals surface area contributed by atoms with Gasteiger partial charge in [-0.1, -0.05) is 18.5 Å². The number of rotatable bonds is 7. The molecule has 0 aliphatic carbocycles. The van der Waals surface area contributed by atoms with E-state index in [2.05, 4.69) is 44.1 Å². The predicted octanol–water partition coefficient (Wildman–Crippen LogP) is 3.61. The van der Waals surface area contributed by atoms with Gasteiger partial charge in [-0.15, -0.1) is 11.3 Å². The quantitative estimate of drug-likeness (QED) is 0.817. The average Bonchev–Trinajstić information content (AvgIpc) is 2.70. The van der Waals surface area contributed by atoms with Crippen molar-refractivity contribution in [1.29, 1.82) is 0 Å². The van der Waals surface area contributed by atoms with Gasteiger partial charge in [-0.25, -0.2) is 0 Å². The van der Waals surface area contributed by atoms with Crippen molar-refractivity contribution >= 4 is 22.9 Å². The fraction of sp³-hybridized carbons (Fsp3) is 0.692. The molecule has 2 nitrogen and oxygen atoms in total. The summed E-state index contributed by atoms with van der Waals surface area (Å²) in [5.41, 5.74) is 0. The number of nitrogens with zero attached hydrogens (tertiary/aromatic N) is 1. The lowest BCUT2D eigenvalue weighted by Crippen LogP contribution is -2.40. The lowest BCUT2D eigenvalue weighted by molar-refractivity contribution is 0.239. The summed E-state index contributed by atoms with van der Waals surface area (Å²) in [7, 11) is 2.16. The van der Waals surface area contributed by atoms with Gasteiger partial charge in [0.2, 0.25) is 0 Å². The minimum Gasteiger partial charge on any atom is -0.313 e. The Balaban J connectivity index is 2.33. The predicted molar refractivity (Wildman–Crippen MR) is 78.0 cm³/mol. The first-order chi connectivity index (χ1) is 8.02. The van der Waals surface area contributed by atoms with E-state index in [0.29, 0.717) is 12.1 Å². The highest BCUT2D eigenvalue weighted by atomic mass is 35.5. The monoisotopic (exact) mass is 274 g/mol. The van der Waals surface area contributed by atoms with Gasteiger partial charge in [0.05, 0.1) is 4.34 Å². The summed E-state index contributed by atoms with van der Waals surface area (Å²) in [6.45, 7) is 8.70. The Morgan fingerprint density at radius 2 is 2.12 bits per heavy atom. The molecule has 1 aromatic heterocycles. The second-order valence-electron chi connectivity index (χ2n) is 4.69. The Hall–Kier alpha value is -0.0900. The van der Waals surface area contributed by atoms with Crippen LogP contribution in [0.2, 0.25) is 4.34 Å². The van der Waals surface area contributed by atoms with Crippen molar-refractivity contribution in [2.24, 2.45) is 0 Å². The van der Waals surface area contributed by atoms with E-state index in [1.165, 1.54) is 11.3 Å².